The number of ether oxygens (including phenoxy) is 1. The zero-order valence-corrected chi connectivity index (χ0v) is 25.8. The number of thiophene rings is 1. The van der Waals surface area contributed by atoms with Crippen LogP contribution in [0.3, 0.4) is 0 Å². The molecule has 46 heavy (non-hydrogen) atoms. The number of aliphatic imine (C=N–C) groups is 1. The van der Waals surface area contributed by atoms with Crippen molar-refractivity contribution in [1.82, 2.24) is 4.57 Å². The van der Waals surface area contributed by atoms with Crippen LogP contribution in [0.5, 0.6) is 5.75 Å². The summed E-state index contributed by atoms with van der Waals surface area (Å²) in [7, 11) is 0. The summed E-state index contributed by atoms with van der Waals surface area (Å²) >= 11 is 1.80. The molecule has 9 aromatic rings. The number of hydrogen-bond donors (Lipinski definition) is 0. The van der Waals surface area contributed by atoms with E-state index in [2.05, 4.69) is 156 Å². The topological polar surface area (TPSA) is 26.5 Å². The number of hydrogen-bond acceptors (Lipinski definition) is 3. The molecule has 0 saturated carbocycles. The van der Waals surface area contributed by atoms with Gasteiger partial charge in [0.2, 0.25) is 0 Å². The molecule has 0 unspecified atom stereocenters. The Kier molecular flexibility index (Phi) is 6.22. The minimum absolute atomic E-state index is 0.390. The number of aromatic nitrogens is 1. The first-order chi connectivity index (χ1) is 22.8. The maximum Gasteiger partial charge on any atom is 0.154 e. The predicted molar refractivity (Wildman–Crippen MR) is 197 cm³/mol. The van der Waals surface area contributed by atoms with E-state index in [-0.39, 0.29) is 0 Å². The Labute approximate surface area is 270 Å². The van der Waals surface area contributed by atoms with E-state index >= 15 is 0 Å². The predicted octanol–water partition coefficient (Wildman–Crippen LogP) is 11.9. The Hall–Kier alpha value is -5.71. The molecular formula is C42H28N2OS. The van der Waals surface area contributed by atoms with E-state index in [9.17, 15) is 0 Å². The van der Waals surface area contributed by atoms with E-state index in [1.807, 2.05) is 6.07 Å². The van der Waals surface area contributed by atoms with Crippen LogP contribution in [0.15, 0.2) is 151 Å². The van der Waals surface area contributed by atoms with Gasteiger partial charge >= 0.3 is 0 Å². The second-order valence-electron chi connectivity index (χ2n) is 11.6. The van der Waals surface area contributed by atoms with Crippen molar-refractivity contribution in [2.75, 3.05) is 0 Å². The second-order valence-corrected chi connectivity index (χ2v) is 12.6. The van der Waals surface area contributed by atoms with Crippen molar-refractivity contribution < 1.29 is 4.74 Å². The normalized spacial score (nSPS) is 11.7. The van der Waals surface area contributed by atoms with Crippen molar-refractivity contribution in [3.8, 4) is 22.6 Å². The van der Waals surface area contributed by atoms with Gasteiger partial charge in [-0.15, -0.1) is 11.3 Å². The first-order valence-electron chi connectivity index (χ1n) is 15.4. The Morgan fingerprint density at radius 2 is 1.37 bits per heavy atom. The van der Waals surface area contributed by atoms with Gasteiger partial charge in [0.1, 0.15) is 12.3 Å². The van der Waals surface area contributed by atoms with Crippen molar-refractivity contribution in [2.24, 2.45) is 4.99 Å². The van der Waals surface area contributed by atoms with E-state index in [1.54, 1.807) is 11.3 Å². The van der Waals surface area contributed by atoms with Crippen LogP contribution >= 0.6 is 11.3 Å². The van der Waals surface area contributed by atoms with Gasteiger partial charge in [0, 0.05) is 42.0 Å². The SMILES string of the molecule is C=Nc1ccc2sc3c(-c4ccccc4)cccc3c2c1OCc1cc2ccccc2c2c1c1ccccc1n2-c1ccccc1. The van der Waals surface area contributed by atoms with Crippen LogP contribution in [-0.2, 0) is 6.61 Å². The number of rotatable bonds is 6. The van der Waals surface area contributed by atoms with Crippen LogP contribution in [0.1, 0.15) is 5.56 Å². The molecule has 0 radical (unpaired) electrons. The molecule has 0 saturated heterocycles. The Bertz CT molecular complexity index is 2600. The maximum atomic E-state index is 6.92. The van der Waals surface area contributed by atoms with Crippen LogP contribution in [0, 0.1) is 0 Å². The van der Waals surface area contributed by atoms with Crippen molar-refractivity contribution >= 4 is 76.5 Å². The molecular weight excluding hydrogens is 581 g/mol. The Balaban J connectivity index is 1.27. The summed E-state index contributed by atoms with van der Waals surface area (Å²) in [6.07, 6.45) is 0. The van der Waals surface area contributed by atoms with E-state index in [1.165, 1.54) is 58.5 Å². The number of benzene rings is 7. The summed E-state index contributed by atoms with van der Waals surface area (Å²) in [5.74, 6) is 0.775. The van der Waals surface area contributed by atoms with Crippen LogP contribution in [-0.4, -0.2) is 11.3 Å². The van der Waals surface area contributed by atoms with Gasteiger partial charge in [-0.05, 0) is 65.2 Å². The highest BCUT2D eigenvalue weighted by atomic mass is 32.1. The minimum atomic E-state index is 0.390. The molecule has 2 heterocycles. The molecule has 0 aliphatic rings. The first kappa shape index (κ1) is 26.7. The van der Waals surface area contributed by atoms with Gasteiger partial charge in [-0.2, -0.15) is 0 Å². The Morgan fingerprint density at radius 3 is 2.20 bits per heavy atom. The molecule has 0 atom stereocenters. The van der Waals surface area contributed by atoms with E-state index in [0.29, 0.717) is 6.61 Å². The summed E-state index contributed by atoms with van der Waals surface area (Å²) in [5, 5.41) is 7.08. The molecule has 2 aromatic heterocycles. The van der Waals surface area contributed by atoms with E-state index < -0.39 is 0 Å². The lowest BCUT2D eigenvalue weighted by molar-refractivity contribution is 0.313. The molecule has 218 valence electrons. The largest absolute Gasteiger partial charge is 0.486 e. The van der Waals surface area contributed by atoms with E-state index in [0.717, 1.165) is 28.1 Å². The summed E-state index contributed by atoms with van der Waals surface area (Å²) < 4.78 is 11.7. The van der Waals surface area contributed by atoms with Crippen LogP contribution in [0.25, 0.3) is 69.6 Å². The van der Waals surface area contributed by atoms with Gasteiger partial charge in [0.25, 0.3) is 0 Å². The molecule has 0 aliphatic carbocycles. The summed E-state index contributed by atoms with van der Waals surface area (Å²) in [4.78, 5) is 4.43. The molecule has 0 N–H and O–H groups in total. The number of nitrogens with zero attached hydrogens (tertiary/aromatic N) is 2. The maximum absolute atomic E-state index is 6.92. The minimum Gasteiger partial charge on any atom is -0.486 e. The average Bonchev–Trinajstić information content (AvgIpc) is 3.68. The third-order valence-corrected chi connectivity index (χ3v) is 10.2. The standard InChI is InChI=1S/C42H28N2OS/c1-43-35-23-24-37-39(34-21-12-20-32(42(34)46-37)27-13-4-2-5-14-27)41(35)45-26-29-25-28-15-8-9-18-31(28)40-38(29)33-19-10-11-22-36(33)44(40)30-16-6-3-7-17-30/h2-25H,1,26H2. The molecule has 7 aromatic carbocycles. The van der Waals surface area contributed by atoms with Crippen molar-refractivity contribution in [2.45, 2.75) is 6.61 Å². The average molecular weight is 609 g/mol. The fourth-order valence-corrected chi connectivity index (χ4v) is 8.23. The molecule has 9 rings (SSSR count). The fourth-order valence-electron chi connectivity index (χ4n) is 6.99. The fraction of sp³-hybridized carbons (Fsp3) is 0.0238. The van der Waals surface area contributed by atoms with Crippen molar-refractivity contribution in [3.63, 3.8) is 0 Å². The Morgan fingerprint density at radius 1 is 0.652 bits per heavy atom. The molecule has 0 amide bonds. The lowest BCUT2D eigenvalue weighted by atomic mass is 10.00. The third kappa shape index (κ3) is 4.08. The highest BCUT2D eigenvalue weighted by molar-refractivity contribution is 7.26. The lowest BCUT2D eigenvalue weighted by Crippen LogP contribution is -1.99. The van der Waals surface area contributed by atoms with Crippen LogP contribution < -0.4 is 4.74 Å². The monoisotopic (exact) mass is 608 g/mol. The van der Waals surface area contributed by atoms with E-state index in [4.69, 9.17) is 4.74 Å². The second kappa shape index (κ2) is 10.7. The molecule has 3 nitrogen and oxygen atoms in total. The van der Waals surface area contributed by atoms with Gasteiger partial charge in [-0.25, -0.2) is 0 Å². The van der Waals surface area contributed by atoms with Gasteiger partial charge in [-0.1, -0.05) is 109 Å². The molecule has 0 fully saturated rings. The van der Waals surface area contributed by atoms with Gasteiger partial charge in [0.15, 0.2) is 5.75 Å². The first-order valence-corrected chi connectivity index (χ1v) is 16.2. The third-order valence-electron chi connectivity index (χ3n) is 8.98. The summed E-state index contributed by atoms with van der Waals surface area (Å²) in [5.41, 5.74) is 7.82. The summed E-state index contributed by atoms with van der Waals surface area (Å²) in [6, 6.07) is 51.5. The summed E-state index contributed by atoms with van der Waals surface area (Å²) in [6.45, 7) is 4.31. The molecule has 0 spiro atoms. The zero-order valence-electron chi connectivity index (χ0n) is 25.0. The lowest BCUT2D eigenvalue weighted by Gasteiger charge is -2.14. The van der Waals surface area contributed by atoms with Crippen molar-refractivity contribution in [3.05, 3.63) is 151 Å². The van der Waals surface area contributed by atoms with Gasteiger partial charge < -0.3 is 9.30 Å². The highest BCUT2D eigenvalue weighted by Gasteiger charge is 2.21. The van der Waals surface area contributed by atoms with Gasteiger partial charge in [-0.3, -0.25) is 4.99 Å². The quantitative estimate of drug-likeness (QED) is 0.173. The number of para-hydroxylation sites is 2. The van der Waals surface area contributed by atoms with Crippen LogP contribution in [0.2, 0.25) is 0 Å². The smallest absolute Gasteiger partial charge is 0.154 e. The van der Waals surface area contributed by atoms with Gasteiger partial charge in [0.05, 0.1) is 11.0 Å². The molecule has 4 heteroatoms. The molecule has 0 aliphatic heterocycles. The zero-order chi connectivity index (χ0) is 30.6. The van der Waals surface area contributed by atoms with Crippen LogP contribution in [0.4, 0.5) is 5.69 Å². The highest BCUT2D eigenvalue weighted by Crippen LogP contribution is 2.47. The van der Waals surface area contributed by atoms with Crippen molar-refractivity contribution in [1.29, 1.82) is 0 Å². The molecule has 0 bridgehead atoms. The number of fused-ring (bicyclic) bond motifs is 8.